The summed E-state index contributed by atoms with van der Waals surface area (Å²) in [6.45, 7) is 10.5. The molecule has 0 bridgehead atoms. The van der Waals surface area contributed by atoms with Crippen molar-refractivity contribution >= 4 is 5.91 Å². The van der Waals surface area contributed by atoms with Gasteiger partial charge in [0.25, 0.3) is 5.91 Å². The molecule has 1 N–H and O–H groups in total. The third-order valence-corrected chi connectivity index (χ3v) is 5.38. The van der Waals surface area contributed by atoms with Crippen molar-refractivity contribution in [2.24, 2.45) is 11.3 Å². The molecule has 1 amide bonds. The molecule has 23 heavy (non-hydrogen) atoms. The maximum atomic E-state index is 12.6. The number of aliphatic hydroxyl groups is 1. The molecule has 1 atom stereocenters. The molecule has 1 saturated heterocycles. The number of amides is 1. The molecular formula is C18H33NO4. The lowest BCUT2D eigenvalue weighted by Gasteiger charge is -2.41. The van der Waals surface area contributed by atoms with E-state index in [9.17, 15) is 4.79 Å². The Morgan fingerprint density at radius 2 is 1.96 bits per heavy atom. The van der Waals surface area contributed by atoms with Gasteiger partial charge in [-0.15, -0.1) is 0 Å². The minimum atomic E-state index is -0.543. The number of rotatable bonds is 5. The summed E-state index contributed by atoms with van der Waals surface area (Å²) >= 11 is 0. The molecule has 5 nitrogen and oxygen atoms in total. The predicted octanol–water partition coefficient (Wildman–Crippen LogP) is 2.57. The number of ether oxygens (including phenoxy) is 2. The minimum absolute atomic E-state index is 0.00392. The van der Waals surface area contributed by atoms with Gasteiger partial charge in [-0.1, -0.05) is 20.8 Å². The van der Waals surface area contributed by atoms with Crippen molar-refractivity contribution in [3.8, 4) is 0 Å². The summed E-state index contributed by atoms with van der Waals surface area (Å²) < 4.78 is 12.1. The minimum Gasteiger partial charge on any atom is -0.396 e. The van der Waals surface area contributed by atoms with Crippen LogP contribution in [0.2, 0.25) is 0 Å². The van der Waals surface area contributed by atoms with E-state index >= 15 is 0 Å². The van der Waals surface area contributed by atoms with Crippen molar-refractivity contribution in [3.05, 3.63) is 0 Å². The smallest absolute Gasteiger partial charge is 0.254 e. The van der Waals surface area contributed by atoms with Crippen LogP contribution in [0.15, 0.2) is 0 Å². The monoisotopic (exact) mass is 327 g/mol. The maximum absolute atomic E-state index is 12.6. The van der Waals surface area contributed by atoms with Crippen LogP contribution in [0, 0.1) is 11.3 Å². The van der Waals surface area contributed by atoms with E-state index in [0.29, 0.717) is 37.5 Å². The number of hydrogen-bond donors (Lipinski definition) is 1. The van der Waals surface area contributed by atoms with Crippen molar-refractivity contribution in [1.82, 2.24) is 4.90 Å². The standard InChI is InChI=1S/C18H33NO4/c1-5-19(11-6-12-20)16(21)15-13-22-18(23-15)9-7-14(8-10-18)17(2,3)4/h14-15,20H,5-13H2,1-4H3. The van der Waals surface area contributed by atoms with E-state index < -0.39 is 11.9 Å². The Balaban J connectivity index is 1.89. The average Bonchev–Trinajstić information content (AvgIpc) is 2.91. The molecule has 1 unspecified atom stereocenters. The topological polar surface area (TPSA) is 59.0 Å². The zero-order valence-electron chi connectivity index (χ0n) is 15.1. The Hall–Kier alpha value is -0.650. The van der Waals surface area contributed by atoms with Crippen LogP contribution < -0.4 is 0 Å². The molecule has 1 aliphatic carbocycles. The molecule has 2 fully saturated rings. The second kappa shape index (κ2) is 7.49. The third-order valence-electron chi connectivity index (χ3n) is 5.38. The van der Waals surface area contributed by atoms with Crippen LogP contribution >= 0.6 is 0 Å². The third kappa shape index (κ3) is 4.46. The van der Waals surface area contributed by atoms with E-state index in [1.54, 1.807) is 4.90 Å². The van der Waals surface area contributed by atoms with Gasteiger partial charge < -0.3 is 19.5 Å². The van der Waals surface area contributed by atoms with E-state index in [1.165, 1.54) is 0 Å². The van der Waals surface area contributed by atoms with E-state index in [4.69, 9.17) is 14.6 Å². The molecule has 134 valence electrons. The highest BCUT2D eigenvalue weighted by Gasteiger charge is 2.48. The molecule has 2 aliphatic rings. The van der Waals surface area contributed by atoms with Crippen LogP contribution in [0.25, 0.3) is 0 Å². The Labute approximate surface area is 140 Å². The Kier molecular flexibility index (Phi) is 6.09. The SMILES string of the molecule is CCN(CCCO)C(=O)C1COC2(CCC(C(C)(C)C)CC2)O1. The number of nitrogens with zero attached hydrogens (tertiary/aromatic N) is 1. The fourth-order valence-corrected chi connectivity index (χ4v) is 3.75. The molecule has 1 heterocycles. The molecule has 0 radical (unpaired) electrons. The predicted molar refractivity (Wildman–Crippen MR) is 88.9 cm³/mol. The first-order valence-electron chi connectivity index (χ1n) is 9.03. The fraction of sp³-hybridized carbons (Fsp3) is 0.944. The van der Waals surface area contributed by atoms with Crippen molar-refractivity contribution < 1.29 is 19.4 Å². The number of hydrogen-bond acceptors (Lipinski definition) is 4. The molecule has 1 aliphatic heterocycles. The van der Waals surface area contributed by atoms with Crippen LogP contribution in [0.4, 0.5) is 0 Å². The van der Waals surface area contributed by atoms with Gasteiger partial charge in [-0.05, 0) is 37.5 Å². The van der Waals surface area contributed by atoms with E-state index in [-0.39, 0.29) is 12.5 Å². The second-order valence-corrected chi connectivity index (χ2v) is 7.96. The van der Waals surface area contributed by atoms with E-state index in [0.717, 1.165) is 25.7 Å². The second-order valence-electron chi connectivity index (χ2n) is 7.96. The van der Waals surface area contributed by atoms with Gasteiger partial charge in [-0.3, -0.25) is 4.79 Å². The summed E-state index contributed by atoms with van der Waals surface area (Å²) in [5.41, 5.74) is 0.318. The van der Waals surface area contributed by atoms with Crippen LogP contribution in [0.1, 0.15) is 59.8 Å². The van der Waals surface area contributed by atoms with Crippen molar-refractivity contribution in [2.45, 2.75) is 71.7 Å². The summed E-state index contributed by atoms with van der Waals surface area (Å²) in [5.74, 6) is 0.140. The normalized spacial score (nSPS) is 31.5. The van der Waals surface area contributed by atoms with Gasteiger partial charge in [-0.25, -0.2) is 0 Å². The van der Waals surface area contributed by atoms with Crippen LogP contribution in [-0.4, -0.2) is 54.1 Å². The zero-order valence-corrected chi connectivity index (χ0v) is 15.1. The van der Waals surface area contributed by atoms with E-state index in [2.05, 4.69) is 20.8 Å². The van der Waals surface area contributed by atoms with Gasteiger partial charge >= 0.3 is 0 Å². The Morgan fingerprint density at radius 1 is 1.30 bits per heavy atom. The van der Waals surface area contributed by atoms with Gasteiger partial charge in [0, 0.05) is 32.5 Å². The zero-order chi connectivity index (χ0) is 17.1. The average molecular weight is 327 g/mol. The molecule has 0 aromatic rings. The first-order chi connectivity index (χ1) is 10.8. The van der Waals surface area contributed by atoms with Crippen LogP contribution in [-0.2, 0) is 14.3 Å². The number of likely N-dealkylation sites (N-methyl/N-ethyl adjacent to an activating group) is 1. The maximum Gasteiger partial charge on any atom is 0.254 e. The molecule has 0 aromatic heterocycles. The summed E-state index contributed by atoms with van der Waals surface area (Å²) in [6, 6.07) is 0. The highest BCUT2D eigenvalue weighted by molar-refractivity contribution is 5.81. The summed E-state index contributed by atoms with van der Waals surface area (Å²) in [7, 11) is 0. The summed E-state index contributed by atoms with van der Waals surface area (Å²) in [6.07, 6.45) is 4.05. The largest absolute Gasteiger partial charge is 0.396 e. The van der Waals surface area contributed by atoms with Gasteiger partial charge in [-0.2, -0.15) is 0 Å². The van der Waals surface area contributed by atoms with Gasteiger partial charge in [0.05, 0.1) is 6.61 Å². The summed E-state index contributed by atoms with van der Waals surface area (Å²) in [4.78, 5) is 14.3. The van der Waals surface area contributed by atoms with Gasteiger partial charge in [0.1, 0.15) is 0 Å². The number of aliphatic hydroxyl groups excluding tert-OH is 1. The van der Waals surface area contributed by atoms with Crippen molar-refractivity contribution in [1.29, 1.82) is 0 Å². The van der Waals surface area contributed by atoms with E-state index in [1.807, 2.05) is 6.92 Å². The van der Waals surface area contributed by atoms with Crippen LogP contribution in [0.5, 0.6) is 0 Å². The summed E-state index contributed by atoms with van der Waals surface area (Å²) in [5, 5.41) is 8.95. The highest BCUT2D eigenvalue weighted by atomic mass is 16.7. The van der Waals surface area contributed by atoms with Crippen molar-refractivity contribution in [2.75, 3.05) is 26.3 Å². The Bertz CT molecular complexity index is 396. The Morgan fingerprint density at radius 3 is 2.48 bits per heavy atom. The molecular weight excluding hydrogens is 294 g/mol. The molecule has 1 saturated carbocycles. The first kappa shape index (κ1) is 18.7. The first-order valence-corrected chi connectivity index (χ1v) is 9.03. The quantitative estimate of drug-likeness (QED) is 0.843. The lowest BCUT2D eigenvalue weighted by atomic mass is 9.71. The molecule has 0 aromatic carbocycles. The molecule has 2 rings (SSSR count). The number of carbonyl (C=O) groups excluding carboxylic acids is 1. The lowest BCUT2D eigenvalue weighted by Crippen LogP contribution is -2.43. The van der Waals surface area contributed by atoms with Gasteiger partial charge in [0.2, 0.25) is 0 Å². The molecule has 1 spiro atoms. The van der Waals surface area contributed by atoms with Crippen molar-refractivity contribution in [3.63, 3.8) is 0 Å². The van der Waals surface area contributed by atoms with Gasteiger partial charge in [0.15, 0.2) is 11.9 Å². The molecule has 5 heteroatoms. The lowest BCUT2D eigenvalue weighted by molar-refractivity contribution is -0.200. The fourth-order valence-electron chi connectivity index (χ4n) is 3.75. The van der Waals surface area contributed by atoms with Crippen LogP contribution in [0.3, 0.4) is 0 Å². The number of carbonyl (C=O) groups is 1. The highest BCUT2D eigenvalue weighted by Crippen LogP contribution is 2.45.